The van der Waals surface area contributed by atoms with Crippen molar-refractivity contribution >= 4 is 33.4 Å². The van der Waals surface area contributed by atoms with Crippen molar-refractivity contribution in [1.29, 1.82) is 0 Å². The Labute approximate surface area is 139 Å². The number of fused-ring (bicyclic) bond motifs is 3. The normalized spacial score (nSPS) is 22.2. The van der Waals surface area contributed by atoms with Crippen LogP contribution in [0.2, 0.25) is 0 Å². The highest BCUT2D eigenvalue weighted by Gasteiger charge is 2.38. The van der Waals surface area contributed by atoms with Crippen LogP contribution in [-0.4, -0.2) is 83.6 Å². The summed E-state index contributed by atoms with van der Waals surface area (Å²) in [6, 6.07) is 0. The lowest BCUT2D eigenvalue weighted by Crippen LogP contribution is -2.43. The Morgan fingerprint density at radius 3 is 2.62 bits per heavy atom. The fourth-order valence-electron chi connectivity index (χ4n) is 3.10. The van der Waals surface area contributed by atoms with Crippen molar-refractivity contribution in [3.8, 4) is 0 Å². The summed E-state index contributed by atoms with van der Waals surface area (Å²) in [6.07, 6.45) is 2.91. The number of nitrogens with zero attached hydrogens (tertiary/aromatic N) is 4. The summed E-state index contributed by atoms with van der Waals surface area (Å²) in [7, 11) is -2.44. The molecular weight excluding hydrogens is 334 g/mol. The van der Waals surface area contributed by atoms with E-state index in [0.717, 1.165) is 0 Å². The van der Waals surface area contributed by atoms with Gasteiger partial charge in [0.15, 0.2) is 5.65 Å². The first-order chi connectivity index (χ1) is 11.5. The average molecular weight is 351 g/mol. The molecule has 4 rings (SSSR count). The Hall–Kier alpha value is -2.01. The molecule has 0 saturated carbocycles. The number of aromatic amines is 1. The summed E-state index contributed by atoms with van der Waals surface area (Å²) in [5, 5.41) is 7.12. The average Bonchev–Trinajstić information content (AvgIpc) is 3.11. The Bertz CT molecular complexity index is 826. The molecule has 24 heavy (non-hydrogen) atoms. The number of pyridine rings is 1. The SMILES string of the molecule is O=C1c2cnc3[nH]ncc3c2C(=O)N1CCN1CCS(O)(O)CC1. The third-order valence-electron chi connectivity index (χ3n) is 4.52. The van der Waals surface area contributed by atoms with Gasteiger partial charge in [-0.1, -0.05) is 0 Å². The van der Waals surface area contributed by atoms with Crippen LogP contribution < -0.4 is 0 Å². The van der Waals surface area contributed by atoms with E-state index >= 15 is 0 Å². The van der Waals surface area contributed by atoms with E-state index in [1.54, 1.807) is 0 Å². The maximum atomic E-state index is 12.6. The number of carbonyl (C=O) groups excluding carboxylic acids is 2. The fraction of sp³-hybridized carbons (Fsp3) is 0.429. The van der Waals surface area contributed by atoms with Crippen molar-refractivity contribution in [3.05, 3.63) is 23.5 Å². The van der Waals surface area contributed by atoms with Crippen LogP contribution in [0.25, 0.3) is 11.0 Å². The first-order valence-corrected chi connectivity index (χ1v) is 9.49. The number of aromatic nitrogens is 3. The second-order valence-corrected chi connectivity index (χ2v) is 8.41. The molecule has 2 aliphatic rings. The van der Waals surface area contributed by atoms with Gasteiger partial charge >= 0.3 is 0 Å². The molecule has 0 radical (unpaired) electrons. The number of imide groups is 1. The van der Waals surface area contributed by atoms with Gasteiger partial charge in [-0.2, -0.15) is 15.7 Å². The molecule has 0 unspecified atom stereocenters. The number of amides is 2. The second kappa shape index (κ2) is 5.52. The summed E-state index contributed by atoms with van der Waals surface area (Å²) in [5.74, 6) is 0.0144. The smallest absolute Gasteiger partial charge is 0.263 e. The number of rotatable bonds is 3. The van der Waals surface area contributed by atoms with Crippen LogP contribution in [0, 0.1) is 0 Å². The van der Waals surface area contributed by atoms with Crippen molar-refractivity contribution in [1.82, 2.24) is 25.0 Å². The molecule has 3 N–H and O–H groups in total. The molecule has 0 aromatic carbocycles. The van der Waals surface area contributed by atoms with E-state index < -0.39 is 10.6 Å². The first kappa shape index (κ1) is 15.5. The van der Waals surface area contributed by atoms with Crippen LogP contribution in [-0.2, 0) is 0 Å². The van der Waals surface area contributed by atoms with Crippen LogP contribution in [0.5, 0.6) is 0 Å². The summed E-state index contributed by atoms with van der Waals surface area (Å²) >= 11 is 0. The van der Waals surface area contributed by atoms with Gasteiger partial charge in [0.25, 0.3) is 11.8 Å². The van der Waals surface area contributed by atoms with Crippen molar-refractivity contribution in [2.75, 3.05) is 37.7 Å². The molecular formula is C14H17N5O4S. The van der Waals surface area contributed by atoms with Gasteiger partial charge in [0.2, 0.25) is 0 Å². The van der Waals surface area contributed by atoms with Gasteiger partial charge in [-0.05, 0) is 0 Å². The fourth-order valence-corrected chi connectivity index (χ4v) is 4.40. The van der Waals surface area contributed by atoms with Crippen molar-refractivity contribution in [3.63, 3.8) is 0 Å². The van der Waals surface area contributed by atoms with E-state index in [4.69, 9.17) is 0 Å². The molecule has 9 nitrogen and oxygen atoms in total. The van der Waals surface area contributed by atoms with Gasteiger partial charge in [0, 0.05) is 32.4 Å². The van der Waals surface area contributed by atoms with Gasteiger partial charge in [-0.25, -0.2) is 4.98 Å². The molecule has 10 heteroatoms. The molecule has 0 spiro atoms. The molecule has 128 valence electrons. The third kappa shape index (κ3) is 2.47. The minimum atomic E-state index is -2.44. The molecule has 2 aliphatic heterocycles. The second-order valence-electron chi connectivity index (χ2n) is 5.99. The summed E-state index contributed by atoms with van der Waals surface area (Å²) in [5.41, 5.74) is 1.14. The zero-order chi connectivity index (χ0) is 16.9. The van der Waals surface area contributed by atoms with Crippen molar-refractivity contribution in [2.24, 2.45) is 0 Å². The predicted octanol–water partition coefficient (Wildman–Crippen LogP) is 0.620. The Morgan fingerprint density at radius 1 is 1.12 bits per heavy atom. The predicted molar refractivity (Wildman–Crippen MR) is 88.3 cm³/mol. The van der Waals surface area contributed by atoms with Crippen LogP contribution in [0.3, 0.4) is 0 Å². The van der Waals surface area contributed by atoms with Crippen LogP contribution in [0.4, 0.5) is 0 Å². The zero-order valence-electron chi connectivity index (χ0n) is 12.8. The van der Waals surface area contributed by atoms with Gasteiger partial charge in [-0.15, -0.1) is 0 Å². The van der Waals surface area contributed by atoms with E-state index in [1.807, 2.05) is 4.90 Å². The minimum Gasteiger partial charge on any atom is -0.299 e. The summed E-state index contributed by atoms with van der Waals surface area (Å²) in [6.45, 7) is 1.89. The number of H-pyrrole nitrogens is 1. The third-order valence-corrected chi connectivity index (χ3v) is 6.20. The number of carbonyl (C=O) groups is 2. The molecule has 2 amide bonds. The highest BCUT2D eigenvalue weighted by atomic mass is 32.3. The highest BCUT2D eigenvalue weighted by molar-refractivity contribution is 8.24. The summed E-state index contributed by atoms with van der Waals surface area (Å²) < 4.78 is 19.3. The van der Waals surface area contributed by atoms with Crippen LogP contribution in [0.15, 0.2) is 12.4 Å². The molecule has 2 aromatic heterocycles. The van der Waals surface area contributed by atoms with Crippen LogP contribution in [0.1, 0.15) is 20.7 Å². The maximum absolute atomic E-state index is 12.6. The summed E-state index contributed by atoms with van der Waals surface area (Å²) in [4.78, 5) is 32.5. The first-order valence-electron chi connectivity index (χ1n) is 7.60. The molecule has 1 saturated heterocycles. The largest absolute Gasteiger partial charge is 0.299 e. The highest BCUT2D eigenvalue weighted by Crippen LogP contribution is 2.40. The number of hydrogen-bond donors (Lipinski definition) is 3. The van der Waals surface area contributed by atoms with E-state index in [-0.39, 0.29) is 18.4 Å². The van der Waals surface area contributed by atoms with Gasteiger partial charge in [0.1, 0.15) is 0 Å². The molecule has 2 aromatic rings. The zero-order valence-corrected chi connectivity index (χ0v) is 13.6. The Morgan fingerprint density at radius 2 is 1.88 bits per heavy atom. The van der Waals surface area contributed by atoms with Crippen molar-refractivity contribution in [2.45, 2.75) is 0 Å². The number of nitrogens with one attached hydrogen (secondary N) is 1. The lowest BCUT2D eigenvalue weighted by Gasteiger charge is -2.41. The van der Waals surface area contributed by atoms with E-state index in [0.29, 0.717) is 53.3 Å². The standard InChI is InChI=1S/C14H17N5O4S/c20-13-10-7-15-12-9(8-16-17-12)11(10)14(21)19(13)2-1-18-3-5-24(22,23)6-4-18/h7-8,22-23H,1-6H2,(H,15,16,17). The van der Waals surface area contributed by atoms with Crippen LogP contribution >= 0.6 is 10.6 Å². The molecule has 0 bridgehead atoms. The van der Waals surface area contributed by atoms with Gasteiger partial charge in [0.05, 0.1) is 34.2 Å². The van der Waals surface area contributed by atoms with Gasteiger partial charge < -0.3 is 0 Å². The Kier molecular flexibility index (Phi) is 3.57. The Balaban J connectivity index is 1.49. The van der Waals surface area contributed by atoms with E-state index in [1.165, 1.54) is 17.3 Å². The maximum Gasteiger partial charge on any atom is 0.263 e. The minimum absolute atomic E-state index is 0.269. The molecule has 0 aliphatic carbocycles. The topological polar surface area (TPSA) is 123 Å². The molecule has 4 heterocycles. The quantitative estimate of drug-likeness (QED) is 0.693. The van der Waals surface area contributed by atoms with E-state index in [2.05, 4.69) is 15.2 Å². The number of hydrogen-bond acceptors (Lipinski definition) is 7. The lowest BCUT2D eigenvalue weighted by molar-refractivity contribution is 0.0637. The lowest BCUT2D eigenvalue weighted by atomic mass is 10.1. The molecule has 0 atom stereocenters. The van der Waals surface area contributed by atoms with E-state index in [9.17, 15) is 18.7 Å². The monoisotopic (exact) mass is 351 g/mol. The molecule has 1 fully saturated rings. The van der Waals surface area contributed by atoms with Crippen molar-refractivity contribution < 1.29 is 18.7 Å². The van der Waals surface area contributed by atoms with Gasteiger partial charge in [-0.3, -0.25) is 33.6 Å².